The van der Waals surface area contributed by atoms with Crippen molar-refractivity contribution in [3.63, 3.8) is 0 Å². The number of carbonyl (C=O) groups is 1. The first-order chi connectivity index (χ1) is 15.7. The molecule has 0 spiro atoms. The van der Waals surface area contributed by atoms with Crippen molar-refractivity contribution in [2.45, 2.75) is 36.6 Å². The van der Waals surface area contributed by atoms with E-state index in [-0.39, 0.29) is 12.3 Å². The molecule has 0 aliphatic carbocycles. The number of para-hydroxylation sites is 1. The molecule has 170 valence electrons. The van der Waals surface area contributed by atoms with Gasteiger partial charge in [0, 0.05) is 22.6 Å². The summed E-state index contributed by atoms with van der Waals surface area (Å²) in [5, 5.41) is 8.87. The Kier molecular flexibility index (Phi) is 6.47. The first kappa shape index (κ1) is 22.9. The third-order valence-electron chi connectivity index (χ3n) is 5.28. The number of thioether (sulfide) groups is 1. The largest absolute Gasteiger partial charge is 0.481 e. The summed E-state index contributed by atoms with van der Waals surface area (Å²) < 4.78 is 44.3. The van der Waals surface area contributed by atoms with E-state index < -0.39 is 17.7 Å². The molecule has 0 atom stereocenters. The standard InChI is InChI=1S/C25H20F3NO3S/c1-15-13-20(11-7-16(15)8-12-22(30)31)33-14-18-3-2-4-21-23(18)29-24(32-21)17-5-9-19(10-6-17)25(26,27)28/h2-7,9-11,13H,8,12,14H2,1H3,(H,30,31). The summed E-state index contributed by atoms with van der Waals surface area (Å²) in [6, 6.07) is 16.3. The maximum absolute atomic E-state index is 12.8. The van der Waals surface area contributed by atoms with Crippen LogP contribution in [0.1, 0.15) is 28.7 Å². The molecule has 0 unspecified atom stereocenters. The van der Waals surface area contributed by atoms with Crippen molar-refractivity contribution in [3.8, 4) is 11.5 Å². The van der Waals surface area contributed by atoms with Gasteiger partial charge in [-0.1, -0.05) is 18.2 Å². The van der Waals surface area contributed by atoms with Crippen molar-refractivity contribution in [1.29, 1.82) is 0 Å². The molecule has 8 heteroatoms. The van der Waals surface area contributed by atoms with Crippen LogP contribution in [-0.4, -0.2) is 16.1 Å². The zero-order chi connectivity index (χ0) is 23.6. The smallest absolute Gasteiger partial charge is 0.416 e. The minimum Gasteiger partial charge on any atom is -0.481 e. The first-order valence-corrected chi connectivity index (χ1v) is 11.2. The van der Waals surface area contributed by atoms with Gasteiger partial charge in [0.05, 0.1) is 5.56 Å². The van der Waals surface area contributed by atoms with E-state index in [1.54, 1.807) is 17.8 Å². The second kappa shape index (κ2) is 9.31. The van der Waals surface area contributed by atoms with Crippen molar-refractivity contribution >= 4 is 28.8 Å². The highest BCUT2D eigenvalue weighted by atomic mass is 32.2. The van der Waals surface area contributed by atoms with Crippen LogP contribution in [0.3, 0.4) is 0 Å². The van der Waals surface area contributed by atoms with Crippen LogP contribution in [0.2, 0.25) is 0 Å². The van der Waals surface area contributed by atoms with E-state index in [1.165, 1.54) is 12.1 Å². The van der Waals surface area contributed by atoms with Crippen LogP contribution in [0.5, 0.6) is 0 Å². The van der Waals surface area contributed by atoms with Gasteiger partial charge in [-0.3, -0.25) is 4.79 Å². The van der Waals surface area contributed by atoms with Crippen LogP contribution in [0, 0.1) is 6.92 Å². The molecule has 0 bridgehead atoms. The number of oxazole rings is 1. The molecule has 0 saturated carbocycles. The van der Waals surface area contributed by atoms with E-state index in [2.05, 4.69) is 4.98 Å². The Morgan fingerprint density at radius 2 is 1.82 bits per heavy atom. The van der Waals surface area contributed by atoms with Crippen molar-refractivity contribution in [1.82, 2.24) is 4.98 Å². The van der Waals surface area contributed by atoms with Gasteiger partial charge in [-0.15, -0.1) is 11.8 Å². The fourth-order valence-corrected chi connectivity index (χ4v) is 4.47. The number of fused-ring (bicyclic) bond motifs is 1. The maximum Gasteiger partial charge on any atom is 0.416 e. The lowest BCUT2D eigenvalue weighted by molar-refractivity contribution is -0.138. The number of halogens is 3. The molecular weight excluding hydrogens is 451 g/mol. The molecule has 0 fully saturated rings. The van der Waals surface area contributed by atoms with Crippen LogP contribution in [0.15, 0.2) is 70.0 Å². The Bertz CT molecular complexity index is 1300. The Balaban J connectivity index is 1.52. The summed E-state index contributed by atoms with van der Waals surface area (Å²) in [5.41, 5.74) is 4.02. The van der Waals surface area contributed by atoms with Gasteiger partial charge >= 0.3 is 12.1 Å². The first-order valence-electron chi connectivity index (χ1n) is 10.2. The Morgan fingerprint density at radius 3 is 2.48 bits per heavy atom. The highest BCUT2D eigenvalue weighted by Gasteiger charge is 2.30. The lowest BCUT2D eigenvalue weighted by Crippen LogP contribution is -2.03. The molecule has 1 aromatic heterocycles. The SMILES string of the molecule is Cc1cc(SCc2cccc3oc(-c4ccc(C(F)(F)F)cc4)nc23)ccc1CCC(=O)O. The van der Waals surface area contributed by atoms with Gasteiger partial charge in [-0.25, -0.2) is 4.98 Å². The third kappa shape index (κ3) is 5.39. The zero-order valence-electron chi connectivity index (χ0n) is 17.6. The molecule has 4 rings (SSSR count). The Morgan fingerprint density at radius 1 is 1.06 bits per heavy atom. The summed E-state index contributed by atoms with van der Waals surface area (Å²) >= 11 is 1.62. The van der Waals surface area contributed by atoms with Gasteiger partial charge in [-0.05, 0) is 72.5 Å². The quantitative estimate of drug-likeness (QED) is 0.291. The van der Waals surface area contributed by atoms with Gasteiger partial charge in [0.1, 0.15) is 5.52 Å². The number of aromatic nitrogens is 1. The average Bonchev–Trinajstić information content (AvgIpc) is 3.21. The highest BCUT2D eigenvalue weighted by molar-refractivity contribution is 7.98. The van der Waals surface area contributed by atoms with E-state index in [4.69, 9.17) is 9.52 Å². The second-order valence-electron chi connectivity index (χ2n) is 7.63. The summed E-state index contributed by atoms with van der Waals surface area (Å²) in [7, 11) is 0. The summed E-state index contributed by atoms with van der Waals surface area (Å²) in [4.78, 5) is 16.4. The van der Waals surface area contributed by atoms with E-state index in [1.807, 2.05) is 37.3 Å². The number of carboxylic acid groups (broad SMARTS) is 1. The van der Waals surface area contributed by atoms with Crippen molar-refractivity contribution in [2.75, 3.05) is 0 Å². The van der Waals surface area contributed by atoms with E-state index in [9.17, 15) is 18.0 Å². The molecule has 0 amide bonds. The molecule has 0 radical (unpaired) electrons. The molecule has 0 aliphatic heterocycles. The van der Waals surface area contributed by atoms with Gasteiger partial charge in [-0.2, -0.15) is 13.2 Å². The molecular formula is C25H20F3NO3S. The molecule has 1 N–H and O–H groups in total. The monoisotopic (exact) mass is 471 g/mol. The molecule has 4 aromatic rings. The van der Waals surface area contributed by atoms with Gasteiger partial charge in [0.2, 0.25) is 5.89 Å². The van der Waals surface area contributed by atoms with Crippen molar-refractivity contribution in [2.24, 2.45) is 0 Å². The molecule has 0 saturated heterocycles. The van der Waals surface area contributed by atoms with Crippen LogP contribution in [0.4, 0.5) is 13.2 Å². The number of hydrogen-bond acceptors (Lipinski definition) is 4. The van der Waals surface area contributed by atoms with E-state index in [0.717, 1.165) is 33.7 Å². The van der Waals surface area contributed by atoms with Crippen LogP contribution < -0.4 is 0 Å². The number of benzene rings is 3. The molecule has 4 nitrogen and oxygen atoms in total. The molecule has 3 aromatic carbocycles. The maximum atomic E-state index is 12.8. The lowest BCUT2D eigenvalue weighted by Gasteiger charge is -2.08. The van der Waals surface area contributed by atoms with Gasteiger partial charge < -0.3 is 9.52 Å². The fraction of sp³-hybridized carbons (Fsp3) is 0.200. The number of alkyl halides is 3. The minimum atomic E-state index is -4.39. The topological polar surface area (TPSA) is 63.3 Å². The van der Waals surface area contributed by atoms with Crippen LogP contribution in [-0.2, 0) is 23.1 Å². The average molecular weight is 472 g/mol. The number of aryl methyl sites for hydroxylation is 2. The van der Waals surface area contributed by atoms with Gasteiger partial charge in [0.15, 0.2) is 5.58 Å². The van der Waals surface area contributed by atoms with Crippen molar-refractivity contribution in [3.05, 3.63) is 82.9 Å². The predicted molar refractivity (Wildman–Crippen MR) is 121 cm³/mol. The molecule has 33 heavy (non-hydrogen) atoms. The number of nitrogens with zero attached hydrogens (tertiary/aromatic N) is 1. The highest BCUT2D eigenvalue weighted by Crippen LogP contribution is 2.33. The minimum absolute atomic E-state index is 0.1000. The lowest BCUT2D eigenvalue weighted by atomic mass is 10.0. The number of aliphatic carboxylic acids is 1. The summed E-state index contributed by atoms with van der Waals surface area (Å²) in [6.45, 7) is 1.97. The van der Waals surface area contributed by atoms with Gasteiger partial charge in [0.25, 0.3) is 0 Å². The third-order valence-corrected chi connectivity index (χ3v) is 6.32. The van der Waals surface area contributed by atoms with Crippen LogP contribution in [0.25, 0.3) is 22.6 Å². The van der Waals surface area contributed by atoms with E-state index in [0.29, 0.717) is 28.8 Å². The number of carboxylic acids is 1. The second-order valence-corrected chi connectivity index (χ2v) is 8.68. The fourth-order valence-electron chi connectivity index (χ4n) is 3.49. The number of hydrogen-bond donors (Lipinski definition) is 1. The normalized spacial score (nSPS) is 11.8. The predicted octanol–water partition coefficient (Wildman–Crippen LogP) is 7.13. The van der Waals surface area contributed by atoms with Crippen LogP contribution >= 0.6 is 11.8 Å². The summed E-state index contributed by atoms with van der Waals surface area (Å²) in [5.74, 6) is 0.0866. The molecule has 0 aliphatic rings. The Labute approximate surface area is 192 Å². The van der Waals surface area contributed by atoms with E-state index >= 15 is 0 Å². The Hall–Kier alpha value is -3.26. The number of rotatable bonds is 7. The molecule has 1 heterocycles. The zero-order valence-corrected chi connectivity index (χ0v) is 18.5. The summed E-state index contributed by atoms with van der Waals surface area (Å²) in [6.07, 6.45) is -3.79. The van der Waals surface area contributed by atoms with Crippen molar-refractivity contribution < 1.29 is 27.5 Å².